The molecule has 1 aromatic heterocycles. The standard InChI is InChI=1S/C15H15Br2Cl2NS/c1-2-6-20-13(10-8-14(16)21-15(10)17)7-9-11(18)4-3-5-12(9)19/h3-5,8,13,20H,2,6-7H2,1H3. The Bertz CT molecular complexity index is 595. The highest BCUT2D eigenvalue weighted by Gasteiger charge is 2.19. The third kappa shape index (κ3) is 4.69. The maximum Gasteiger partial charge on any atom is 0.0758 e. The molecule has 1 unspecified atom stereocenters. The second-order valence-corrected chi connectivity index (χ2v) is 9.25. The molecule has 0 spiro atoms. The lowest BCUT2D eigenvalue weighted by atomic mass is 10.0. The molecular weight excluding hydrogens is 457 g/mol. The Morgan fingerprint density at radius 1 is 1.24 bits per heavy atom. The summed E-state index contributed by atoms with van der Waals surface area (Å²) in [5, 5.41) is 5.02. The van der Waals surface area contributed by atoms with E-state index in [9.17, 15) is 0 Å². The van der Waals surface area contributed by atoms with Crippen LogP contribution in [-0.2, 0) is 6.42 Å². The minimum absolute atomic E-state index is 0.180. The largest absolute Gasteiger partial charge is 0.310 e. The summed E-state index contributed by atoms with van der Waals surface area (Å²) in [6, 6.07) is 7.97. The summed E-state index contributed by atoms with van der Waals surface area (Å²) in [6.45, 7) is 3.11. The average Bonchev–Trinajstić information content (AvgIpc) is 2.76. The lowest BCUT2D eigenvalue weighted by Gasteiger charge is -2.20. The maximum absolute atomic E-state index is 6.31. The third-order valence-corrected chi connectivity index (χ3v) is 6.26. The van der Waals surface area contributed by atoms with Gasteiger partial charge in [0.25, 0.3) is 0 Å². The van der Waals surface area contributed by atoms with E-state index in [0.717, 1.165) is 42.6 Å². The predicted molar refractivity (Wildman–Crippen MR) is 101 cm³/mol. The third-order valence-electron chi connectivity index (χ3n) is 3.17. The molecule has 1 heterocycles. The van der Waals surface area contributed by atoms with E-state index >= 15 is 0 Å². The van der Waals surface area contributed by atoms with Gasteiger partial charge in [-0.1, -0.05) is 36.2 Å². The average molecular weight is 472 g/mol. The van der Waals surface area contributed by atoms with E-state index < -0.39 is 0 Å². The molecule has 6 heteroatoms. The Hall–Kier alpha value is 0.420. The molecular formula is C15H15Br2Cl2NS. The first kappa shape index (κ1) is 17.8. The molecule has 0 saturated heterocycles. The number of hydrogen-bond acceptors (Lipinski definition) is 2. The summed E-state index contributed by atoms with van der Waals surface area (Å²) < 4.78 is 2.24. The molecule has 0 aliphatic heterocycles. The molecule has 1 aromatic carbocycles. The number of hydrogen-bond donors (Lipinski definition) is 1. The topological polar surface area (TPSA) is 12.0 Å². The second-order valence-electron chi connectivity index (χ2n) is 4.69. The van der Waals surface area contributed by atoms with Crippen LogP contribution in [0.4, 0.5) is 0 Å². The van der Waals surface area contributed by atoms with E-state index in [1.54, 1.807) is 11.3 Å². The van der Waals surface area contributed by atoms with E-state index in [2.05, 4.69) is 50.2 Å². The van der Waals surface area contributed by atoms with Crippen molar-refractivity contribution in [3.63, 3.8) is 0 Å². The van der Waals surface area contributed by atoms with E-state index in [1.165, 1.54) is 5.56 Å². The van der Waals surface area contributed by atoms with Crippen molar-refractivity contribution in [3.8, 4) is 0 Å². The first-order valence-corrected chi connectivity index (χ1v) is 9.79. The molecule has 2 aromatic rings. The SMILES string of the molecule is CCCNC(Cc1c(Cl)cccc1Cl)c1cc(Br)sc1Br. The summed E-state index contributed by atoms with van der Waals surface area (Å²) >= 11 is 21.5. The Kier molecular flexibility index (Phi) is 7.04. The molecule has 0 amide bonds. The van der Waals surface area contributed by atoms with Gasteiger partial charge in [0.2, 0.25) is 0 Å². The van der Waals surface area contributed by atoms with Crippen LogP contribution in [0.5, 0.6) is 0 Å². The fraction of sp³-hybridized carbons (Fsp3) is 0.333. The Morgan fingerprint density at radius 2 is 1.90 bits per heavy atom. The maximum atomic E-state index is 6.31. The van der Waals surface area contributed by atoms with Gasteiger partial charge in [-0.2, -0.15) is 0 Å². The van der Waals surface area contributed by atoms with Gasteiger partial charge in [-0.25, -0.2) is 0 Å². The number of halogens is 4. The Labute approximate surface area is 156 Å². The first-order valence-electron chi connectivity index (χ1n) is 6.64. The molecule has 0 saturated carbocycles. The van der Waals surface area contributed by atoms with Crippen LogP contribution < -0.4 is 5.32 Å². The van der Waals surface area contributed by atoms with E-state index in [1.807, 2.05) is 18.2 Å². The highest BCUT2D eigenvalue weighted by atomic mass is 79.9. The Morgan fingerprint density at radius 3 is 2.43 bits per heavy atom. The van der Waals surface area contributed by atoms with Gasteiger partial charge < -0.3 is 5.32 Å². The van der Waals surface area contributed by atoms with Crippen LogP contribution in [0.15, 0.2) is 31.8 Å². The molecule has 0 fully saturated rings. The van der Waals surface area contributed by atoms with E-state index in [-0.39, 0.29) is 6.04 Å². The second kappa shape index (κ2) is 8.32. The predicted octanol–water partition coefficient (Wildman–Crippen LogP) is 6.86. The zero-order valence-corrected chi connectivity index (χ0v) is 16.9. The van der Waals surface area contributed by atoms with Crippen molar-refractivity contribution >= 4 is 66.4 Å². The van der Waals surface area contributed by atoms with Crippen LogP contribution >= 0.6 is 66.4 Å². The molecule has 1 N–H and O–H groups in total. The molecule has 1 atom stereocenters. The zero-order chi connectivity index (χ0) is 15.4. The van der Waals surface area contributed by atoms with Crippen LogP contribution in [0, 0.1) is 0 Å². The monoisotopic (exact) mass is 469 g/mol. The van der Waals surface area contributed by atoms with E-state index in [4.69, 9.17) is 23.2 Å². The quantitative estimate of drug-likeness (QED) is 0.485. The molecule has 21 heavy (non-hydrogen) atoms. The molecule has 0 aliphatic carbocycles. The lowest BCUT2D eigenvalue weighted by molar-refractivity contribution is 0.529. The summed E-state index contributed by atoms with van der Waals surface area (Å²) in [5.74, 6) is 0. The van der Waals surface area contributed by atoms with Gasteiger partial charge in [-0.05, 0) is 80.6 Å². The lowest BCUT2D eigenvalue weighted by Crippen LogP contribution is -2.24. The van der Waals surface area contributed by atoms with Crippen molar-refractivity contribution in [2.24, 2.45) is 0 Å². The van der Waals surface area contributed by atoms with Gasteiger partial charge in [0.05, 0.1) is 7.57 Å². The first-order chi connectivity index (χ1) is 10.0. The van der Waals surface area contributed by atoms with Gasteiger partial charge in [-0.3, -0.25) is 0 Å². The fourth-order valence-electron chi connectivity index (χ4n) is 2.13. The molecule has 0 aliphatic rings. The highest BCUT2D eigenvalue weighted by molar-refractivity contribution is 9.12. The highest BCUT2D eigenvalue weighted by Crippen LogP contribution is 2.38. The molecule has 0 radical (unpaired) electrons. The normalized spacial score (nSPS) is 12.6. The minimum Gasteiger partial charge on any atom is -0.310 e. The van der Waals surface area contributed by atoms with Gasteiger partial charge >= 0.3 is 0 Å². The van der Waals surface area contributed by atoms with Crippen LogP contribution in [0.3, 0.4) is 0 Å². The van der Waals surface area contributed by atoms with Crippen LogP contribution in [-0.4, -0.2) is 6.54 Å². The van der Waals surface area contributed by atoms with Gasteiger partial charge in [-0.15, -0.1) is 11.3 Å². The van der Waals surface area contributed by atoms with Crippen LogP contribution in [0.2, 0.25) is 10.0 Å². The summed E-state index contributed by atoms with van der Waals surface area (Å²) in [5.41, 5.74) is 2.22. The van der Waals surface area contributed by atoms with Crippen molar-refractivity contribution in [2.75, 3.05) is 6.54 Å². The Balaban J connectivity index is 2.30. The number of thiophene rings is 1. The van der Waals surface area contributed by atoms with Gasteiger partial charge in [0.1, 0.15) is 0 Å². The number of nitrogens with one attached hydrogen (secondary N) is 1. The van der Waals surface area contributed by atoms with Gasteiger partial charge in [0, 0.05) is 16.1 Å². The van der Waals surface area contributed by atoms with Gasteiger partial charge in [0.15, 0.2) is 0 Å². The van der Waals surface area contributed by atoms with Crippen molar-refractivity contribution in [1.82, 2.24) is 5.32 Å². The minimum atomic E-state index is 0.180. The van der Waals surface area contributed by atoms with E-state index in [0.29, 0.717) is 0 Å². The smallest absolute Gasteiger partial charge is 0.0758 e. The molecule has 0 bridgehead atoms. The zero-order valence-electron chi connectivity index (χ0n) is 11.4. The molecule has 114 valence electrons. The van der Waals surface area contributed by atoms with Crippen molar-refractivity contribution in [1.29, 1.82) is 0 Å². The summed E-state index contributed by atoms with van der Waals surface area (Å²) in [6.07, 6.45) is 1.84. The molecule has 2 rings (SSSR count). The van der Waals surface area contributed by atoms with Crippen molar-refractivity contribution < 1.29 is 0 Å². The summed E-state index contributed by atoms with van der Waals surface area (Å²) in [7, 11) is 0. The number of benzene rings is 1. The van der Waals surface area contributed by atoms with Crippen molar-refractivity contribution in [3.05, 3.63) is 53.0 Å². The molecule has 1 nitrogen and oxygen atoms in total. The summed E-state index contributed by atoms with van der Waals surface area (Å²) in [4.78, 5) is 0. The fourth-order valence-corrected chi connectivity index (χ4v) is 5.66. The van der Waals surface area contributed by atoms with Crippen molar-refractivity contribution in [2.45, 2.75) is 25.8 Å². The van der Waals surface area contributed by atoms with Crippen LogP contribution in [0.1, 0.15) is 30.5 Å². The van der Waals surface area contributed by atoms with Crippen LogP contribution in [0.25, 0.3) is 0 Å². The number of rotatable bonds is 6.